The molecule has 1 N–H and O–H groups in total. The van der Waals surface area contributed by atoms with E-state index < -0.39 is 21.2 Å². The van der Waals surface area contributed by atoms with Crippen LogP contribution in [0.25, 0.3) is 5.69 Å². The number of aromatic nitrogens is 4. The van der Waals surface area contributed by atoms with Crippen molar-refractivity contribution < 1.29 is 13.5 Å². The summed E-state index contributed by atoms with van der Waals surface area (Å²) in [6.45, 7) is 3.97. The zero-order valence-electron chi connectivity index (χ0n) is 12.2. The van der Waals surface area contributed by atoms with Gasteiger partial charge in [-0.15, -0.1) is 5.10 Å². The van der Waals surface area contributed by atoms with Crippen LogP contribution < -0.4 is 0 Å². The fourth-order valence-corrected chi connectivity index (χ4v) is 5.96. The van der Waals surface area contributed by atoms with Gasteiger partial charge in [0.05, 0.1) is 28.5 Å². The van der Waals surface area contributed by atoms with Crippen molar-refractivity contribution in [2.75, 3.05) is 11.5 Å². The molecule has 1 aromatic heterocycles. The van der Waals surface area contributed by atoms with Gasteiger partial charge < -0.3 is 5.11 Å². The van der Waals surface area contributed by atoms with Crippen LogP contribution in [0.15, 0.2) is 23.4 Å². The van der Waals surface area contributed by atoms with Gasteiger partial charge in [0.25, 0.3) is 0 Å². The number of nitrogens with zero attached hydrogens (tertiary/aromatic N) is 4. The van der Waals surface area contributed by atoms with Crippen LogP contribution in [0.5, 0.6) is 0 Å². The van der Waals surface area contributed by atoms with Crippen molar-refractivity contribution in [1.82, 2.24) is 20.2 Å². The fourth-order valence-electron chi connectivity index (χ4n) is 2.49. The molecule has 7 nitrogen and oxygen atoms in total. The van der Waals surface area contributed by atoms with Gasteiger partial charge in [-0.05, 0) is 35.9 Å². The first kappa shape index (κ1) is 15.4. The number of aliphatic hydroxyl groups excluding tert-OH is 1. The van der Waals surface area contributed by atoms with Gasteiger partial charge in [0.15, 0.2) is 9.84 Å². The Kier molecular flexibility index (Phi) is 3.96. The molecule has 0 unspecified atom stereocenters. The number of tetrazole rings is 1. The predicted molar refractivity (Wildman–Crippen MR) is 82.9 cm³/mol. The summed E-state index contributed by atoms with van der Waals surface area (Å²) in [7, 11) is -3.19. The highest BCUT2D eigenvalue weighted by Gasteiger charge is 2.38. The summed E-state index contributed by atoms with van der Waals surface area (Å²) >= 11 is 1.20. The minimum atomic E-state index is -3.19. The molecule has 22 heavy (non-hydrogen) atoms. The number of thioether (sulfide) groups is 1. The van der Waals surface area contributed by atoms with Gasteiger partial charge in [0, 0.05) is 0 Å². The normalized spacial score (nSPS) is 23.8. The molecule has 0 aliphatic carbocycles. The Morgan fingerprint density at radius 1 is 1.32 bits per heavy atom. The van der Waals surface area contributed by atoms with Crippen molar-refractivity contribution in [2.24, 2.45) is 0 Å². The number of sulfone groups is 1. The third-order valence-electron chi connectivity index (χ3n) is 3.55. The molecule has 0 radical (unpaired) electrons. The third kappa shape index (κ3) is 3.01. The number of hydrogen-bond acceptors (Lipinski definition) is 7. The molecular formula is C13H16N4O3S2. The monoisotopic (exact) mass is 340 g/mol. The van der Waals surface area contributed by atoms with Gasteiger partial charge >= 0.3 is 0 Å². The highest BCUT2D eigenvalue weighted by molar-refractivity contribution is 8.01. The second-order valence-electron chi connectivity index (χ2n) is 5.46. The Bertz CT molecular complexity index is 803. The maximum absolute atomic E-state index is 11.6. The van der Waals surface area contributed by atoms with E-state index in [1.807, 2.05) is 32.0 Å². The summed E-state index contributed by atoms with van der Waals surface area (Å²) in [6.07, 6.45) is -0.890. The average Bonchev–Trinajstić information content (AvgIpc) is 2.94. The van der Waals surface area contributed by atoms with E-state index in [-0.39, 0.29) is 11.5 Å². The van der Waals surface area contributed by atoms with Crippen molar-refractivity contribution in [1.29, 1.82) is 0 Å². The summed E-state index contributed by atoms with van der Waals surface area (Å²) in [4.78, 5) is 0. The SMILES string of the molecule is Cc1ccc(-n2nnnc2S[C@@H]2CS(=O)(=O)C[C@H]2O)c(C)c1. The molecule has 1 saturated heterocycles. The number of rotatable bonds is 3. The van der Waals surface area contributed by atoms with E-state index >= 15 is 0 Å². The molecule has 0 saturated carbocycles. The van der Waals surface area contributed by atoms with E-state index in [0.29, 0.717) is 5.16 Å². The second kappa shape index (κ2) is 5.64. The Morgan fingerprint density at radius 2 is 2.09 bits per heavy atom. The van der Waals surface area contributed by atoms with E-state index in [2.05, 4.69) is 15.5 Å². The van der Waals surface area contributed by atoms with Gasteiger partial charge in [0.2, 0.25) is 5.16 Å². The van der Waals surface area contributed by atoms with Gasteiger partial charge in [-0.1, -0.05) is 29.5 Å². The smallest absolute Gasteiger partial charge is 0.214 e. The lowest BCUT2D eigenvalue weighted by Crippen LogP contribution is -2.20. The van der Waals surface area contributed by atoms with Crippen LogP contribution in [-0.4, -0.2) is 56.6 Å². The Morgan fingerprint density at radius 3 is 2.73 bits per heavy atom. The zero-order valence-corrected chi connectivity index (χ0v) is 13.8. The average molecular weight is 340 g/mol. The van der Waals surface area contributed by atoms with Crippen LogP contribution >= 0.6 is 11.8 Å². The van der Waals surface area contributed by atoms with Gasteiger partial charge in [0.1, 0.15) is 0 Å². The molecule has 1 aliphatic heterocycles. The number of aliphatic hydroxyl groups is 1. The first-order valence-corrected chi connectivity index (χ1v) is 9.47. The molecule has 1 fully saturated rings. The third-order valence-corrected chi connectivity index (χ3v) is 6.73. The van der Waals surface area contributed by atoms with E-state index in [0.717, 1.165) is 16.8 Å². The maximum atomic E-state index is 11.6. The summed E-state index contributed by atoms with van der Waals surface area (Å²) in [5.74, 6) is -0.256. The molecule has 118 valence electrons. The summed E-state index contributed by atoms with van der Waals surface area (Å²) in [5, 5.41) is 21.6. The van der Waals surface area contributed by atoms with Crippen molar-refractivity contribution in [3.8, 4) is 5.69 Å². The van der Waals surface area contributed by atoms with Crippen LogP contribution in [0.4, 0.5) is 0 Å². The number of aryl methyl sites for hydroxylation is 2. The first-order valence-electron chi connectivity index (χ1n) is 6.77. The highest BCUT2D eigenvalue weighted by atomic mass is 32.2. The second-order valence-corrected chi connectivity index (χ2v) is 8.82. The minimum Gasteiger partial charge on any atom is -0.391 e. The van der Waals surface area contributed by atoms with Gasteiger partial charge in [-0.2, -0.15) is 4.68 Å². The van der Waals surface area contributed by atoms with E-state index in [1.165, 1.54) is 11.8 Å². The van der Waals surface area contributed by atoms with Crippen LogP contribution in [0.3, 0.4) is 0 Å². The quantitative estimate of drug-likeness (QED) is 0.870. The van der Waals surface area contributed by atoms with Crippen LogP contribution in [0.1, 0.15) is 11.1 Å². The lowest BCUT2D eigenvalue weighted by molar-refractivity contribution is 0.207. The van der Waals surface area contributed by atoms with Gasteiger partial charge in [-0.25, -0.2) is 8.42 Å². The molecule has 2 atom stereocenters. The summed E-state index contributed by atoms with van der Waals surface area (Å²) in [5.41, 5.74) is 3.00. The van der Waals surface area contributed by atoms with Gasteiger partial charge in [-0.3, -0.25) is 0 Å². The highest BCUT2D eigenvalue weighted by Crippen LogP contribution is 2.31. The largest absolute Gasteiger partial charge is 0.391 e. The number of hydrogen-bond donors (Lipinski definition) is 1. The van der Waals surface area contributed by atoms with Crippen LogP contribution in [-0.2, 0) is 9.84 Å². The van der Waals surface area contributed by atoms with E-state index in [9.17, 15) is 13.5 Å². The molecule has 2 aromatic rings. The molecule has 2 heterocycles. The minimum absolute atomic E-state index is 0.0570. The standard InChI is InChI=1S/C13H16N4O3S2/c1-8-3-4-10(9(2)5-8)17-13(14-15-16-17)21-12-7-22(19,20)6-11(12)18/h3-5,11-12,18H,6-7H2,1-2H3/t11-,12-/m1/s1. The maximum Gasteiger partial charge on any atom is 0.214 e. The summed E-state index contributed by atoms with van der Waals surface area (Å²) in [6, 6.07) is 5.92. The van der Waals surface area contributed by atoms with Crippen LogP contribution in [0.2, 0.25) is 0 Å². The molecule has 3 rings (SSSR count). The van der Waals surface area contributed by atoms with Crippen molar-refractivity contribution in [3.63, 3.8) is 0 Å². The Balaban J connectivity index is 1.90. The Hall–Kier alpha value is -1.45. The fraction of sp³-hybridized carbons (Fsp3) is 0.462. The molecule has 0 spiro atoms. The lowest BCUT2D eigenvalue weighted by atomic mass is 10.1. The molecule has 0 amide bonds. The predicted octanol–water partition coefficient (Wildman–Crippen LogP) is 0.529. The zero-order chi connectivity index (χ0) is 15.9. The first-order chi connectivity index (χ1) is 10.4. The van der Waals surface area contributed by atoms with Crippen molar-refractivity contribution >= 4 is 21.6 Å². The summed E-state index contributed by atoms with van der Waals surface area (Å²) < 4.78 is 24.8. The lowest BCUT2D eigenvalue weighted by Gasteiger charge is -2.12. The molecule has 9 heteroatoms. The molecule has 1 aromatic carbocycles. The van der Waals surface area contributed by atoms with E-state index in [4.69, 9.17) is 0 Å². The topological polar surface area (TPSA) is 98.0 Å². The van der Waals surface area contributed by atoms with Crippen molar-refractivity contribution in [3.05, 3.63) is 29.3 Å². The van der Waals surface area contributed by atoms with E-state index in [1.54, 1.807) is 4.68 Å². The molecular weight excluding hydrogens is 324 g/mol. The number of benzene rings is 1. The van der Waals surface area contributed by atoms with Crippen LogP contribution in [0, 0.1) is 13.8 Å². The Labute approximate surface area is 132 Å². The van der Waals surface area contributed by atoms with Crippen molar-refractivity contribution in [2.45, 2.75) is 30.4 Å². The molecule has 1 aliphatic rings. The molecule has 0 bridgehead atoms.